The monoisotopic (exact) mass is 264 g/mol. The van der Waals surface area contributed by atoms with Crippen molar-refractivity contribution < 1.29 is 4.68 Å². The zero-order valence-electron chi connectivity index (χ0n) is 10.4. The molecule has 7 nitrogen and oxygen atoms in total. The lowest BCUT2D eigenvalue weighted by atomic mass is 10.2. The molecule has 0 bridgehead atoms. The Morgan fingerprint density at radius 3 is 3.10 bits per heavy atom. The Bertz CT molecular complexity index is 862. The van der Waals surface area contributed by atoms with Gasteiger partial charge in [-0.05, 0) is 24.3 Å². The van der Waals surface area contributed by atoms with Crippen LogP contribution in [0.5, 0.6) is 0 Å². The van der Waals surface area contributed by atoms with Gasteiger partial charge >= 0.3 is 5.82 Å². The predicted octanol–water partition coefficient (Wildman–Crippen LogP) is 0.815. The molecule has 0 aliphatic heterocycles. The lowest BCUT2D eigenvalue weighted by Gasteiger charge is -1.95. The summed E-state index contributed by atoms with van der Waals surface area (Å²) in [5.74, 6) is 0.640. The van der Waals surface area contributed by atoms with Gasteiger partial charge in [0.15, 0.2) is 6.33 Å². The van der Waals surface area contributed by atoms with E-state index in [4.69, 9.17) is 0 Å². The highest BCUT2D eigenvalue weighted by atomic mass is 15.5. The van der Waals surface area contributed by atoms with Gasteiger partial charge in [-0.25, -0.2) is 4.98 Å². The van der Waals surface area contributed by atoms with E-state index in [9.17, 15) is 0 Å². The molecule has 3 heterocycles. The largest absolute Gasteiger partial charge is 0.395 e. The molecule has 0 radical (unpaired) electrons. The summed E-state index contributed by atoms with van der Waals surface area (Å²) >= 11 is 0. The summed E-state index contributed by atoms with van der Waals surface area (Å²) < 4.78 is 1.62. The van der Waals surface area contributed by atoms with E-state index in [2.05, 4.69) is 25.3 Å². The number of rotatable bonds is 2. The first-order valence-corrected chi connectivity index (χ1v) is 6.08. The van der Waals surface area contributed by atoms with Crippen LogP contribution in [0, 0.1) is 0 Å². The molecule has 4 aromatic rings. The van der Waals surface area contributed by atoms with Gasteiger partial charge in [0, 0.05) is 17.1 Å². The van der Waals surface area contributed by atoms with E-state index in [1.165, 1.54) is 6.33 Å². The maximum atomic E-state index is 4.41. The standard InChI is InChI=1S/C13H10N7/c1-2-12-10(3-4-15-12)7-11(1)20-16-8-13(18-20)19-6-5-14-9-17-19/h1-9,15H/q+1. The van der Waals surface area contributed by atoms with E-state index in [1.807, 2.05) is 30.5 Å². The summed E-state index contributed by atoms with van der Waals surface area (Å²) in [6, 6.07) is 8.02. The van der Waals surface area contributed by atoms with Gasteiger partial charge < -0.3 is 4.98 Å². The fraction of sp³-hybridized carbons (Fsp3) is 0. The molecule has 1 aromatic carbocycles. The number of fused-ring (bicyclic) bond motifs is 1. The van der Waals surface area contributed by atoms with Crippen LogP contribution in [-0.2, 0) is 0 Å². The van der Waals surface area contributed by atoms with Crippen LogP contribution in [-0.4, -0.2) is 30.1 Å². The fourth-order valence-corrected chi connectivity index (χ4v) is 2.05. The SMILES string of the molecule is c1c[n+](-c2cnn(-c3ccc4[nH]ccc4c3)n2)ncn1. The zero-order chi connectivity index (χ0) is 13.4. The number of benzene rings is 1. The summed E-state index contributed by atoms with van der Waals surface area (Å²) in [5.41, 5.74) is 1.99. The molecule has 7 heteroatoms. The number of aromatic nitrogens is 7. The summed E-state index contributed by atoms with van der Waals surface area (Å²) in [6.45, 7) is 0. The Balaban J connectivity index is 1.77. The van der Waals surface area contributed by atoms with Crippen LogP contribution in [0.1, 0.15) is 0 Å². The van der Waals surface area contributed by atoms with Gasteiger partial charge in [-0.15, -0.1) is 5.10 Å². The van der Waals surface area contributed by atoms with Crippen molar-refractivity contribution in [3.63, 3.8) is 0 Å². The highest BCUT2D eigenvalue weighted by Gasteiger charge is 2.15. The van der Waals surface area contributed by atoms with Crippen LogP contribution < -0.4 is 4.68 Å². The second-order valence-corrected chi connectivity index (χ2v) is 4.26. The average molecular weight is 264 g/mol. The van der Waals surface area contributed by atoms with Crippen LogP contribution in [0.2, 0.25) is 0 Å². The minimum absolute atomic E-state index is 0.640. The molecule has 1 N–H and O–H groups in total. The van der Waals surface area contributed by atoms with Crippen molar-refractivity contribution in [2.75, 3.05) is 0 Å². The molecule has 0 saturated carbocycles. The van der Waals surface area contributed by atoms with E-state index >= 15 is 0 Å². The molecule has 0 unspecified atom stereocenters. The maximum Gasteiger partial charge on any atom is 0.395 e. The Hall–Kier alpha value is -3.09. The highest BCUT2D eigenvalue weighted by Crippen LogP contribution is 2.16. The molecule has 0 spiro atoms. The van der Waals surface area contributed by atoms with Gasteiger partial charge in [0.2, 0.25) is 0 Å². The van der Waals surface area contributed by atoms with Crippen LogP contribution in [0.15, 0.2) is 55.4 Å². The van der Waals surface area contributed by atoms with Gasteiger partial charge in [0.05, 0.1) is 11.3 Å². The molecular formula is C13H10N7+. The molecular weight excluding hydrogens is 254 g/mol. The number of aromatic amines is 1. The van der Waals surface area contributed by atoms with Crippen molar-refractivity contribution >= 4 is 10.9 Å². The Morgan fingerprint density at radius 2 is 2.20 bits per heavy atom. The minimum Gasteiger partial charge on any atom is -0.361 e. The summed E-state index contributed by atoms with van der Waals surface area (Å²) in [4.78, 5) is 8.61. The number of hydrogen-bond acceptors (Lipinski definition) is 4. The third-order valence-corrected chi connectivity index (χ3v) is 3.02. The molecule has 0 amide bonds. The van der Waals surface area contributed by atoms with E-state index in [1.54, 1.807) is 28.1 Å². The second kappa shape index (κ2) is 4.23. The van der Waals surface area contributed by atoms with Crippen molar-refractivity contribution in [3.05, 3.63) is 55.4 Å². The molecule has 0 atom stereocenters. The van der Waals surface area contributed by atoms with Crippen LogP contribution in [0.4, 0.5) is 0 Å². The van der Waals surface area contributed by atoms with Crippen LogP contribution >= 0.6 is 0 Å². The van der Waals surface area contributed by atoms with E-state index < -0.39 is 0 Å². The van der Waals surface area contributed by atoms with Gasteiger partial charge in [-0.2, -0.15) is 0 Å². The van der Waals surface area contributed by atoms with Gasteiger partial charge in [-0.3, -0.25) is 0 Å². The molecule has 20 heavy (non-hydrogen) atoms. The zero-order valence-corrected chi connectivity index (χ0v) is 10.4. The second-order valence-electron chi connectivity index (χ2n) is 4.26. The van der Waals surface area contributed by atoms with Crippen LogP contribution in [0.25, 0.3) is 22.4 Å². The average Bonchev–Trinajstić information content (AvgIpc) is 3.16. The third kappa shape index (κ3) is 1.72. The third-order valence-electron chi connectivity index (χ3n) is 3.02. The predicted molar refractivity (Wildman–Crippen MR) is 70.3 cm³/mol. The Labute approximate surface area is 113 Å². The first kappa shape index (κ1) is 10.8. The van der Waals surface area contributed by atoms with Crippen molar-refractivity contribution in [3.8, 4) is 11.5 Å². The lowest BCUT2D eigenvalue weighted by Crippen LogP contribution is -2.35. The molecule has 0 saturated heterocycles. The van der Waals surface area contributed by atoms with Crippen LogP contribution in [0.3, 0.4) is 0 Å². The Morgan fingerprint density at radius 1 is 1.20 bits per heavy atom. The first-order chi connectivity index (χ1) is 9.90. The Kier molecular flexibility index (Phi) is 2.28. The normalized spacial score (nSPS) is 11.0. The van der Waals surface area contributed by atoms with Crippen molar-refractivity contribution in [1.29, 1.82) is 0 Å². The molecule has 0 aliphatic carbocycles. The molecule has 3 aromatic heterocycles. The summed E-state index contributed by atoms with van der Waals surface area (Å²) in [5, 5.41) is 13.9. The highest BCUT2D eigenvalue weighted by molar-refractivity contribution is 5.81. The van der Waals surface area contributed by atoms with Crippen molar-refractivity contribution in [2.24, 2.45) is 0 Å². The minimum atomic E-state index is 0.640. The quantitative estimate of drug-likeness (QED) is 0.544. The fourth-order valence-electron chi connectivity index (χ4n) is 2.05. The first-order valence-electron chi connectivity index (χ1n) is 6.08. The number of nitrogens with one attached hydrogen (secondary N) is 1. The topological polar surface area (TPSA) is 76.2 Å². The number of nitrogens with zero attached hydrogens (tertiary/aromatic N) is 6. The van der Waals surface area contributed by atoms with Gasteiger partial charge in [0.1, 0.15) is 18.1 Å². The van der Waals surface area contributed by atoms with E-state index in [-0.39, 0.29) is 0 Å². The molecule has 4 rings (SSSR count). The van der Waals surface area contributed by atoms with Crippen molar-refractivity contribution in [1.82, 2.24) is 30.1 Å². The van der Waals surface area contributed by atoms with Crippen molar-refractivity contribution in [2.45, 2.75) is 0 Å². The van der Waals surface area contributed by atoms with Gasteiger partial charge in [0.25, 0.3) is 0 Å². The number of hydrogen-bond donors (Lipinski definition) is 1. The molecule has 0 fully saturated rings. The lowest BCUT2D eigenvalue weighted by molar-refractivity contribution is -0.664. The van der Waals surface area contributed by atoms with Gasteiger partial charge in [-0.1, -0.05) is 14.6 Å². The maximum absolute atomic E-state index is 4.41. The van der Waals surface area contributed by atoms with E-state index in [0.717, 1.165) is 16.6 Å². The summed E-state index contributed by atoms with van der Waals surface area (Å²) in [7, 11) is 0. The molecule has 0 aliphatic rings. The summed E-state index contributed by atoms with van der Waals surface area (Å²) in [6.07, 6.45) is 8.41. The number of H-pyrrole nitrogens is 1. The van der Waals surface area contributed by atoms with E-state index in [0.29, 0.717) is 5.82 Å². The smallest absolute Gasteiger partial charge is 0.361 e. The molecule has 96 valence electrons.